The van der Waals surface area contributed by atoms with Crippen LogP contribution >= 0.6 is 34.4 Å². The second kappa shape index (κ2) is 6.38. The maximum absolute atomic E-state index is 12.7. The van der Waals surface area contributed by atoms with Gasteiger partial charge in [-0.3, -0.25) is 9.59 Å². The Morgan fingerprint density at radius 2 is 1.96 bits per heavy atom. The van der Waals surface area contributed by atoms with Crippen molar-refractivity contribution in [3.05, 3.63) is 33.4 Å². The monoisotopic (exact) mass is 489 g/mol. The number of thioether (sulfide) groups is 1. The highest BCUT2D eigenvalue weighted by molar-refractivity contribution is 14.1. The average molecular weight is 489 g/mol. The molecule has 3 rings (SSSR count). The van der Waals surface area contributed by atoms with Crippen molar-refractivity contribution in [2.75, 3.05) is 0 Å². The second-order valence-corrected chi connectivity index (χ2v) is 10.1. The topological polar surface area (TPSA) is 113 Å². The van der Waals surface area contributed by atoms with Gasteiger partial charge in [0.1, 0.15) is 23.0 Å². The van der Waals surface area contributed by atoms with E-state index in [2.05, 4.69) is 27.9 Å². The number of carbonyl (C=O) groups is 3. The van der Waals surface area contributed by atoms with E-state index < -0.39 is 45.5 Å². The van der Waals surface area contributed by atoms with Crippen molar-refractivity contribution >= 4 is 52.1 Å². The van der Waals surface area contributed by atoms with Crippen LogP contribution < -0.4 is 11.1 Å². The summed E-state index contributed by atoms with van der Waals surface area (Å²) in [6.45, 7) is 5.22. The molecule has 0 saturated carbocycles. The van der Waals surface area contributed by atoms with E-state index in [1.807, 2.05) is 12.1 Å². The van der Waals surface area contributed by atoms with Gasteiger partial charge in [-0.25, -0.2) is 4.79 Å². The zero-order chi connectivity index (χ0) is 19.4. The van der Waals surface area contributed by atoms with Gasteiger partial charge in [0.2, 0.25) is 5.91 Å². The molecule has 0 radical (unpaired) electrons. The number of halogens is 1. The molecule has 0 bridgehead atoms. The number of amides is 2. The molecule has 0 spiro atoms. The van der Waals surface area contributed by atoms with Gasteiger partial charge in [0.05, 0.1) is 0 Å². The van der Waals surface area contributed by atoms with Gasteiger partial charge in [0.15, 0.2) is 0 Å². The number of fused-ring (bicyclic) bond motifs is 1. The molecule has 26 heavy (non-hydrogen) atoms. The Labute approximate surface area is 169 Å². The van der Waals surface area contributed by atoms with Crippen LogP contribution in [0.3, 0.4) is 0 Å². The first-order valence-electron chi connectivity index (χ1n) is 8.06. The maximum atomic E-state index is 12.7. The zero-order valence-corrected chi connectivity index (χ0v) is 17.5. The highest BCUT2D eigenvalue weighted by Gasteiger charge is 2.70. The van der Waals surface area contributed by atoms with Gasteiger partial charge in [-0.1, -0.05) is 18.2 Å². The molecule has 2 aliphatic heterocycles. The summed E-state index contributed by atoms with van der Waals surface area (Å²) in [5, 5.41) is 11.8. The fraction of sp³-hybridized carbons (Fsp3) is 0.471. The summed E-state index contributed by atoms with van der Waals surface area (Å²) in [5.74, 6) is -1.89. The number of hydrogen-bond acceptors (Lipinski definition) is 5. The number of β-lactam (4-membered cyclic amide) rings is 1. The standard InChI is InChI=1S/C17H20IN3O4S/c1-16(2)11(13(23)24)21-14(25)17(3,15(21)26-16)20-12(22)10(19)8-6-4-5-7-9(8)18/h4-7,10-11,15H,19H2,1-3H3,(H,20,22)(H,23,24)/t10?,11-,15+,17-/m0/s1. The largest absolute Gasteiger partial charge is 0.480 e. The number of rotatable bonds is 4. The van der Waals surface area contributed by atoms with Gasteiger partial charge in [-0.15, -0.1) is 11.8 Å². The van der Waals surface area contributed by atoms with Crippen LogP contribution in [-0.2, 0) is 14.4 Å². The molecule has 2 aliphatic rings. The molecular weight excluding hydrogens is 469 g/mol. The summed E-state index contributed by atoms with van der Waals surface area (Å²) >= 11 is 3.49. The molecule has 4 N–H and O–H groups in total. The first-order chi connectivity index (χ1) is 12.0. The number of carboxylic acid groups (broad SMARTS) is 1. The third kappa shape index (κ3) is 2.80. The summed E-state index contributed by atoms with van der Waals surface area (Å²) in [6.07, 6.45) is 0. The van der Waals surface area contributed by atoms with E-state index in [9.17, 15) is 19.5 Å². The molecule has 2 amide bonds. The van der Waals surface area contributed by atoms with E-state index in [1.165, 1.54) is 16.7 Å². The van der Waals surface area contributed by atoms with Crippen molar-refractivity contribution < 1.29 is 19.5 Å². The number of benzene rings is 1. The van der Waals surface area contributed by atoms with Crippen LogP contribution in [0.2, 0.25) is 0 Å². The lowest BCUT2D eigenvalue weighted by Crippen LogP contribution is -2.78. The second-order valence-electron chi connectivity index (χ2n) is 7.22. The van der Waals surface area contributed by atoms with Gasteiger partial charge in [-0.05, 0) is 55.0 Å². The SMILES string of the molecule is CC1(C)S[C@H]2N(C(=O)[C@]2(C)NC(=O)C(N)c2ccccc2I)[C@H]1C(=O)O. The van der Waals surface area contributed by atoms with Crippen LogP contribution in [0.5, 0.6) is 0 Å². The van der Waals surface area contributed by atoms with Gasteiger partial charge in [0.25, 0.3) is 5.91 Å². The maximum Gasteiger partial charge on any atom is 0.327 e. The number of nitrogens with zero attached hydrogens (tertiary/aromatic N) is 1. The highest BCUT2D eigenvalue weighted by atomic mass is 127. The third-order valence-electron chi connectivity index (χ3n) is 4.92. The molecule has 0 aromatic heterocycles. The molecule has 7 nitrogen and oxygen atoms in total. The Kier molecular flexibility index (Phi) is 4.77. The van der Waals surface area contributed by atoms with Crippen LogP contribution in [0.4, 0.5) is 0 Å². The molecule has 0 aliphatic carbocycles. The Morgan fingerprint density at radius 1 is 1.35 bits per heavy atom. The Balaban J connectivity index is 1.81. The van der Waals surface area contributed by atoms with Crippen molar-refractivity contribution in [1.82, 2.24) is 10.2 Å². The van der Waals surface area contributed by atoms with E-state index in [0.29, 0.717) is 5.56 Å². The van der Waals surface area contributed by atoms with Gasteiger partial charge in [0, 0.05) is 8.32 Å². The van der Waals surface area contributed by atoms with Crippen LogP contribution in [0, 0.1) is 3.57 Å². The van der Waals surface area contributed by atoms with Crippen LogP contribution in [0.1, 0.15) is 32.4 Å². The number of carbonyl (C=O) groups excluding carboxylic acids is 2. The minimum Gasteiger partial charge on any atom is -0.480 e. The minimum absolute atomic E-state index is 0.392. The predicted octanol–water partition coefficient (Wildman–Crippen LogP) is 1.31. The van der Waals surface area contributed by atoms with E-state index in [4.69, 9.17) is 5.73 Å². The lowest BCUT2D eigenvalue weighted by molar-refractivity contribution is -0.168. The number of aliphatic carboxylic acids is 1. The Bertz CT molecular complexity index is 802. The van der Waals surface area contributed by atoms with Gasteiger partial charge in [-0.2, -0.15) is 0 Å². The quantitative estimate of drug-likeness (QED) is 0.435. The lowest BCUT2D eigenvalue weighted by atomic mass is 9.85. The average Bonchev–Trinajstić information content (AvgIpc) is 2.84. The molecular formula is C17H20IN3O4S. The lowest BCUT2D eigenvalue weighted by Gasteiger charge is -2.51. The molecule has 140 valence electrons. The molecule has 2 heterocycles. The number of carboxylic acids is 1. The summed E-state index contributed by atoms with van der Waals surface area (Å²) in [4.78, 5) is 38.4. The number of hydrogen-bond donors (Lipinski definition) is 3. The smallest absolute Gasteiger partial charge is 0.327 e. The summed E-state index contributed by atoms with van der Waals surface area (Å²) in [7, 11) is 0. The summed E-state index contributed by atoms with van der Waals surface area (Å²) in [6, 6.07) is 5.46. The Hall–Kier alpha value is -1.33. The minimum atomic E-state index is -1.17. The molecule has 9 heteroatoms. The molecule has 2 saturated heterocycles. The molecule has 2 fully saturated rings. The van der Waals surface area contributed by atoms with Crippen molar-refractivity contribution in [1.29, 1.82) is 0 Å². The van der Waals surface area contributed by atoms with Crippen LogP contribution in [0.25, 0.3) is 0 Å². The molecule has 1 unspecified atom stereocenters. The van der Waals surface area contributed by atoms with E-state index in [0.717, 1.165) is 3.57 Å². The molecule has 1 aromatic carbocycles. The Morgan fingerprint density at radius 3 is 2.54 bits per heavy atom. The van der Waals surface area contributed by atoms with Crippen molar-refractivity contribution in [3.63, 3.8) is 0 Å². The van der Waals surface area contributed by atoms with Gasteiger partial charge >= 0.3 is 5.97 Å². The highest BCUT2D eigenvalue weighted by Crippen LogP contribution is 2.54. The fourth-order valence-corrected chi connectivity index (χ4v) is 5.91. The number of nitrogens with two attached hydrogens (primary N) is 1. The summed E-state index contributed by atoms with van der Waals surface area (Å²) in [5.41, 5.74) is 5.61. The van der Waals surface area contributed by atoms with E-state index in [1.54, 1.807) is 32.9 Å². The van der Waals surface area contributed by atoms with Crippen LogP contribution in [0.15, 0.2) is 24.3 Å². The normalized spacial score (nSPS) is 30.3. The summed E-state index contributed by atoms with van der Waals surface area (Å²) < 4.78 is 0.216. The molecule has 4 atom stereocenters. The zero-order valence-electron chi connectivity index (χ0n) is 14.5. The molecule has 1 aromatic rings. The van der Waals surface area contributed by atoms with Crippen molar-refractivity contribution in [2.24, 2.45) is 5.73 Å². The first kappa shape index (κ1) is 19.4. The van der Waals surface area contributed by atoms with Gasteiger partial charge < -0.3 is 21.1 Å². The van der Waals surface area contributed by atoms with Crippen LogP contribution in [-0.4, -0.2) is 49.5 Å². The number of nitrogens with one attached hydrogen (secondary N) is 1. The predicted molar refractivity (Wildman–Crippen MR) is 106 cm³/mol. The van der Waals surface area contributed by atoms with E-state index in [-0.39, 0.29) is 0 Å². The van der Waals surface area contributed by atoms with E-state index >= 15 is 0 Å². The fourth-order valence-electron chi connectivity index (χ4n) is 3.54. The van der Waals surface area contributed by atoms with Crippen molar-refractivity contribution in [2.45, 2.75) is 48.5 Å². The first-order valence-corrected chi connectivity index (χ1v) is 10.0. The third-order valence-corrected chi connectivity index (χ3v) is 7.65. The van der Waals surface area contributed by atoms with Crippen molar-refractivity contribution in [3.8, 4) is 0 Å².